The molecule has 8 nitrogen and oxygen atoms in total. The zero-order chi connectivity index (χ0) is 20.3. The molecule has 0 saturated carbocycles. The normalized spacial score (nSPS) is 16.1. The van der Waals surface area contributed by atoms with Gasteiger partial charge in [0.25, 0.3) is 0 Å². The zero-order valence-corrected chi connectivity index (χ0v) is 15.2. The summed E-state index contributed by atoms with van der Waals surface area (Å²) in [4.78, 5) is 35.9. The van der Waals surface area contributed by atoms with Gasteiger partial charge in [-0.1, -0.05) is 12.1 Å². The molecule has 3 N–H and O–H groups in total. The second kappa shape index (κ2) is 7.83. The molecular weight excluding hydrogens is 364 g/mol. The molecular formula is C20H18N2O6. The Morgan fingerprint density at radius 2 is 1.64 bits per heavy atom. The summed E-state index contributed by atoms with van der Waals surface area (Å²) in [5.41, 5.74) is 1.76. The van der Waals surface area contributed by atoms with E-state index in [1.165, 1.54) is 26.4 Å². The Kier molecular flexibility index (Phi) is 5.30. The topological polar surface area (TPSA) is 114 Å². The third-order valence-corrected chi connectivity index (χ3v) is 4.35. The lowest BCUT2D eigenvalue weighted by atomic mass is 9.92. The minimum Gasteiger partial charge on any atom is -0.497 e. The van der Waals surface area contributed by atoms with Crippen LogP contribution in [0.3, 0.4) is 0 Å². The summed E-state index contributed by atoms with van der Waals surface area (Å²) in [6.07, 6.45) is 0. The molecule has 3 rings (SSSR count). The van der Waals surface area contributed by atoms with Crippen LogP contribution in [0.25, 0.3) is 5.70 Å². The smallest absolute Gasteiger partial charge is 0.338 e. The molecule has 0 fully saturated rings. The highest BCUT2D eigenvalue weighted by atomic mass is 16.5. The lowest BCUT2D eigenvalue weighted by Gasteiger charge is -2.29. The number of aromatic carboxylic acids is 1. The van der Waals surface area contributed by atoms with Crippen molar-refractivity contribution >= 4 is 23.7 Å². The van der Waals surface area contributed by atoms with E-state index in [0.29, 0.717) is 22.6 Å². The number of hydrogen-bond donors (Lipinski definition) is 3. The summed E-state index contributed by atoms with van der Waals surface area (Å²) in [6, 6.07) is 11.5. The molecule has 1 atom stereocenters. The van der Waals surface area contributed by atoms with Crippen LogP contribution in [0.1, 0.15) is 27.5 Å². The Morgan fingerprint density at radius 3 is 2.18 bits per heavy atom. The van der Waals surface area contributed by atoms with Gasteiger partial charge in [-0.25, -0.2) is 14.4 Å². The second-order valence-electron chi connectivity index (χ2n) is 5.97. The van der Waals surface area contributed by atoms with Crippen LogP contribution in [0.5, 0.6) is 5.75 Å². The van der Waals surface area contributed by atoms with E-state index in [2.05, 4.69) is 10.6 Å². The number of amides is 2. The van der Waals surface area contributed by atoms with Crippen molar-refractivity contribution in [2.75, 3.05) is 14.2 Å². The van der Waals surface area contributed by atoms with Crippen molar-refractivity contribution in [1.29, 1.82) is 0 Å². The van der Waals surface area contributed by atoms with Crippen LogP contribution in [0.15, 0.2) is 54.1 Å². The summed E-state index contributed by atoms with van der Waals surface area (Å²) >= 11 is 0. The van der Waals surface area contributed by atoms with E-state index in [9.17, 15) is 14.4 Å². The van der Waals surface area contributed by atoms with E-state index in [1.807, 2.05) is 0 Å². The van der Waals surface area contributed by atoms with Crippen molar-refractivity contribution in [3.05, 3.63) is 70.8 Å². The number of carbonyl (C=O) groups excluding carboxylic acids is 2. The Hall–Kier alpha value is -3.81. The van der Waals surface area contributed by atoms with Gasteiger partial charge in [0.15, 0.2) is 0 Å². The SMILES string of the molecule is COC(=O)C1=C(c2ccc(OC)cc2)NC(=O)NC1c1ccc(C(=O)O)cc1. The summed E-state index contributed by atoms with van der Waals surface area (Å²) in [5.74, 6) is -1.06. The number of carboxylic acids is 1. The molecule has 0 aliphatic carbocycles. The Morgan fingerprint density at radius 1 is 1.00 bits per heavy atom. The van der Waals surface area contributed by atoms with Crippen LogP contribution >= 0.6 is 0 Å². The van der Waals surface area contributed by atoms with Gasteiger partial charge in [-0.05, 0) is 47.5 Å². The first kappa shape index (κ1) is 19.0. The van der Waals surface area contributed by atoms with Crippen LogP contribution in [0.4, 0.5) is 4.79 Å². The Labute approximate surface area is 160 Å². The molecule has 2 aromatic rings. The summed E-state index contributed by atoms with van der Waals surface area (Å²) in [5, 5.41) is 14.4. The molecule has 0 spiro atoms. The lowest BCUT2D eigenvalue weighted by molar-refractivity contribution is -0.136. The van der Waals surface area contributed by atoms with Crippen LogP contribution in [-0.4, -0.2) is 37.3 Å². The molecule has 0 bridgehead atoms. The Balaban J connectivity index is 2.12. The van der Waals surface area contributed by atoms with Gasteiger partial charge >= 0.3 is 18.0 Å². The van der Waals surface area contributed by atoms with Crippen molar-refractivity contribution in [2.45, 2.75) is 6.04 Å². The molecule has 28 heavy (non-hydrogen) atoms. The first-order chi connectivity index (χ1) is 13.4. The first-order valence-corrected chi connectivity index (χ1v) is 8.32. The lowest BCUT2D eigenvalue weighted by Crippen LogP contribution is -2.45. The molecule has 2 amide bonds. The summed E-state index contributed by atoms with van der Waals surface area (Å²) < 4.78 is 10.1. The van der Waals surface area contributed by atoms with Crippen LogP contribution < -0.4 is 15.4 Å². The number of ether oxygens (including phenoxy) is 2. The van der Waals surface area contributed by atoms with E-state index < -0.39 is 24.0 Å². The number of benzene rings is 2. The molecule has 1 unspecified atom stereocenters. The second-order valence-corrected chi connectivity index (χ2v) is 5.97. The predicted octanol–water partition coefficient (Wildman–Crippen LogP) is 2.33. The van der Waals surface area contributed by atoms with E-state index >= 15 is 0 Å². The quantitative estimate of drug-likeness (QED) is 0.684. The molecule has 8 heteroatoms. The first-order valence-electron chi connectivity index (χ1n) is 8.32. The number of urea groups is 1. The van der Waals surface area contributed by atoms with Crippen LogP contribution in [0.2, 0.25) is 0 Å². The highest BCUT2D eigenvalue weighted by Gasteiger charge is 2.34. The maximum absolute atomic E-state index is 12.5. The van der Waals surface area contributed by atoms with Gasteiger partial charge in [-0.3, -0.25) is 0 Å². The minimum atomic E-state index is -1.07. The number of esters is 1. The largest absolute Gasteiger partial charge is 0.497 e. The van der Waals surface area contributed by atoms with E-state index in [1.54, 1.807) is 36.4 Å². The third kappa shape index (κ3) is 3.66. The van der Waals surface area contributed by atoms with Gasteiger partial charge in [0.05, 0.1) is 37.1 Å². The van der Waals surface area contributed by atoms with Gasteiger partial charge in [-0.15, -0.1) is 0 Å². The van der Waals surface area contributed by atoms with Gasteiger partial charge in [0, 0.05) is 0 Å². The van der Waals surface area contributed by atoms with Gasteiger partial charge in [0.1, 0.15) is 5.75 Å². The maximum Gasteiger partial charge on any atom is 0.338 e. The molecule has 1 aliphatic heterocycles. The standard InChI is InChI=1S/C20H18N2O6/c1-27-14-9-7-12(8-10-14)17-15(19(25)28-2)16(21-20(26)22-17)11-3-5-13(6-4-11)18(23)24/h3-10,16H,1-2H3,(H,23,24)(H2,21,22,26). The molecule has 0 aromatic heterocycles. The number of rotatable bonds is 5. The highest BCUT2D eigenvalue weighted by molar-refractivity contribution is 6.04. The number of carbonyl (C=O) groups is 3. The molecule has 144 valence electrons. The van der Waals surface area contributed by atoms with Crippen molar-refractivity contribution in [3.8, 4) is 5.75 Å². The van der Waals surface area contributed by atoms with Crippen molar-refractivity contribution in [3.63, 3.8) is 0 Å². The van der Waals surface area contributed by atoms with Crippen molar-refractivity contribution in [2.24, 2.45) is 0 Å². The minimum absolute atomic E-state index is 0.1000. The maximum atomic E-state index is 12.5. The molecule has 1 heterocycles. The predicted molar refractivity (Wildman–Crippen MR) is 99.7 cm³/mol. The molecule has 1 aliphatic rings. The van der Waals surface area contributed by atoms with E-state index in [0.717, 1.165) is 0 Å². The molecule has 2 aromatic carbocycles. The average molecular weight is 382 g/mol. The van der Waals surface area contributed by atoms with Crippen molar-refractivity contribution < 1.29 is 29.0 Å². The van der Waals surface area contributed by atoms with Gasteiger partial charge < -0.3 is 25.2 Å². The average Bonchev–Trinajstić information content (AvgIpc) is 2.72. The van der Waals surface area contributed by atoms with Crippen molar-refractivity contribution in [1.82, 2.24) is 10.6 Å². The fraction of sp³-hybridized carbons (Fsp3) is 0.150. The van der Waals surface area contributed by atoms with Crippen LogP contribution in [-0.2, 0) is 9.53 Å². The van der Waals surface area contributed by atoms with E-state index in [4.69, 9.17) is 14.6 Å². The molecule has 0 saturated heterocycles. The van der Waals surface area contributed by atoms with Gasteiger partial charge in [-0.2, -0.15) is 0 Å². The highest BCUT2D eigenvalue weighted by Crippen LogP contribution is 2.32. The molecule has 0 radical (unpaired) electrons. The number of methoxy groups -OCH3 is 2. The summed E-state index contributed by atoms with van der Waals surface area (Å²) in [6.45, 7) is 0. The van der Waals surface area contributed by atoms with Gasteiger partial charge in [0.2, 0.25) is 0 Å². The number of nitrogens with one attached hydrogen (secondary N) is 2. The summed E-state index contributed by atoms with van der Waals surface area (Å²) in [7, 11) is 2.79. The number of carboxylic acid groups (broad SMARTS) is 1. The Bertz CT molecular complexity index is 948. The zero-order valence-electron chi connectivity index (χ0n) is 15.2. The van der Waals surface area contributed by atoms with E-state index in [-0.39, 0.29) is 11.1 Å². The van der Waals surface area contributed by atoms with Crippen LogP contribution in [0, 0.1) is 0 Å². The third-order valence-electron chi connectivity index (χ3n) is 4.35. The monoisotopic (exact) mass is 382 g/mol. The fourth-order valence-corrected chi connectivity index (χ4v) is 2.95. The fourth-order valence-electron chi connectivity index (χ4n) is 2.95. The number of hydrogen-bond acceptors (Lipinski definition) is 5.